The molecule has 1 rings (SSSR count). The third-order valence-corrected chi connectivity index (χ3v) is 1.75. The average molecular weight is 155 g/mol. The molecule has 1 aliphatic rings. The predicted molar refractivity (Wildman–Crippen MR) is 42.2 cm³/mol. The first-order valence-corrected chi connectivity index (χ1v) is 3.74. The van der Waals surface area contributed by atoms with Crippen molar-refractivity contribution in [2.24, 2.45) is 0 Å². The van der Waals surface area contributed by atoms with Gasteiger partial charge in [0, 0.05) is 6.04 Å². The van der Waals surface area contributed by atoms with Crippen molar-refractivity contribution in [1.82, 2.24) is 5.32 Å². The van der Waals surface area contributed by atoms with Gasteiger partial charge in [-0.05, 0) is 13.3 Å². The molecule has 0 aromatic rings. The molecule has 1 N–H and O–H groups in total. The van der Waals surface area contributed by atoms with Gasteiger partial charge < -0.3 is 4.74 Å². The van der Waals surface area contributed by atoms with E-state index in [2.05, 4.69) is 10.1 Å². The van der Waals surface area contributed by atoms with Gasteiger partial charge in [-0.2, -0.15) is 0 Å². The minimum atomic E-state index is -0.179. The number of nitrogens with one attached hydrogen (secondary N) is 1. The zero-order valence-electron chi connectivity index (χ0n) is 6.83. The lowest BCUT2D eigenvalue weighted by Gasteiger charge is -2.21. The third kappa shape index (κ3) is 2.05. The number of carbonyl (C=O) groups excluding carboxylic acids is 1. The van der Waals surface area contributed by atoms with E-state index in [1.807, 2.05) is 19.1 Å². The molecule has 0 radical (unpaired) electrons. The van der Waals surface area contributed by atoms with Gasteiger partial charge in [0.15, 0.2) is 0 Å². The van der Waals surface area contributed by atoms with Gasteiger partial charge in [0.05, 0.1) is 7.11 Å². The minimum absolute atomic E-state index is 0.153. The Bertz CT molecular complexity index is 177. The topological polar surface area (TPSA) is 38.3 Å². The van der Waals surface area contributed by atoms with Crippen LogP contribution in [0, 0.1) is 0 Å². The van der Waals surface area contributed by atoms with Crippen LogP contribution in [0.2, 0.25) is 0 Å². The lowest BCUT2D eigenvalue weighted by Crippen LogP contribution is -2.43. The van der Waals surface area contributed by atoms with Crippen molar-refractivity contribution >= 4 is 5.97 Å². The van der Waals surface area contributed by atoms with E-state index < -0.39 is 0 Å². The van der Waals surface area contributed by atoms with Crippen molar-refractivity contribution < 1.29 is 9.53 Å². The number of ether oxygens (including phenoxy) is 1. The molecule has 11 heavy (non-hydrogen) atoms. The third-order valence-electron chi connectivity index (χ3n) is 1.75. The summed E-state index contributed by atoms with van der Waals surface area (Å²) >= 11 is 0. The van der Waals surface area contributed by atoms with Crippen molar-refractivity contribution in [3.8, 4) is 0 Å². The highest BCUT2D eigenvalue weighted by Gasteiger charge is 2.20. The van der Waals surface area contributed by atoms with Crippen LogP contribution in [0.3, 0.4) is 0 Å². The van der Waals surface area contributed by atoms with E-state index in [1.165, 1.54) is 7.11 Å². The van der Waals surface area contributed by atoms with Crippen LogP contribution in [0.25, 0.3) is 0 Å². The van der Waals surface area contributed by atoms with E-state index in [9.17, 15) is 4.79 Å². The van der Waals surface area contributed by atoms with Crippen molar-refractivity contribution in [3.63, 3.8) is 0 Å². The second kappa shape index (κ2) is 3.53. The molecular weight excluding hydrogens is 142 g/mol. The Labute approximate surface area is 66.4 Å². The van der Waals surface area contributed by atoms with Crippen molar-refractivity contribution in [2.75, 3.05) is 7.11 Å². The van der Waals surface area contributed by atoms with Crippen LogP contribution in [0.5, 0.6) is 0 Å². The number of esters is 1. The van der Waals surface area contributed by atoms with Crippen molar-refractivity contribution in [2.45, 2.75) is 25.4 Å². The fourth-order valence-electron chi connectivity index (χ4n) is 1.17. The molecule has 62 valence electrons. The van der Waals surface area contributed by atoms with Gasteiger partial charge in [0.1, 0.15) is 6.04 Å². The first-order valence-electron chi connectivity index (χ1n) is 3.74. The Morgan fingerprint density at radius 3 is 3.00 bits per heavy atom. The highest BCUT2D eigenvalue weighted by Crippen LogP contribution is 2.05. The monoisotopic (exact) mass is 155 g/mol. The number of carbonyl (C=O) groups is 1. The van der Waals surface area contributed by atoms with Gasteiger partial charge in [0.25, 0.3) is 0 Å². The molecule has 2 atom stereocenters. The maximum absolute atomic E-state index is 11.0. The summed E-state index contributed by atoms with van der Waals surface area (Å²) in [6.07, 6.45) is 4.78. The summed E-state index contributed by atoms with van der Waals surface area (Å²) in [6.45, 7) is 2.01. The number of methoxy groups -OCH3 is 1. The molecule has 0 aliphatic carbocycles. The molecule has 3 nitrogen and oxygen atoms in total. The molecule has 0 fully saturated rings. The number of hydrogen-bond donors (Lipinski definition) is 1. The van der Waals surface area contributed by atoms with Crippen LogP contribution in [0.4, 0.5) is 0 Å². The maximum atomic E-state index is 11.0. The molecule has 0 bridgehead atoms. The fourth-order valence-corrected chi connectivity index (χ4v) is 1.17. The van der Waals surface area contributed by atoms with E-state index >= 15 is 0 Å². The van der Waals surface area contributed by atoms with Gasteiger partial charge >= 0.3 is 5.97 Å². The molecule has 0 saturated heterocycles. The number of rotatable bonds is 1. The van der Waals surface area contributed by atoms with Crippen LogP contribution in [0.1, 0.15) is 13.3 Å². The van der Waals surface area contributed by atoms with Crippen LogP contribution in [-0.4, -0.2) is 25.2 Å². The van der Waals surface area contributed by atoms with Crippen LogP contribution < -0.4 is 5.32 Å². The van der Waals surface area contributed by atoms with Crippen LogP contribution in [0.15, 0.2) is 12.2 Å². The molecule has 0 unspecified atom stereocenters. The summed E-state index contributed by atoms with van der Waals surface area (Å²) in [5.74, 6) is -0.179. The van der Waals surface area contributed by atoms with Crippen LogP contribution >= 0.6 is 0 Å². The fraction of sp³-hybridized carbons (Fsp3) is 0.625. The summed E-state index contributed by atoms with van der Waals surface area (Å²) in [5, 5.41) is 3.11. The van der Waals surface area contributed by atoms with Crippen molar-refractivity contribution in [3.05, 3.63) is 12.2 Å². The SMILES string of the molecule is COC(=O)[C@@H]1CC=C[C@H](C)N1. The van der Waals surface area contributed by atoms with E-state index in [-0.39, 0.29) is 18.1 Å². The first kappa shape index (κ1) is 8.27. The zero-order chi connectivity index (χ0) is 8.27. The Kier molecular flexibility index (Phi) is 2.65. The molecule has 0 saturated carbocycles. The van der Waals surface area contributed by atoms with Crippen LogP contribution in [-0.2, 0) is 9.53 Å². The molecule has 3 heteroatoms. The highest BCUT2D eigenvalue weighted by molar-refractivity contribution is 5.76. The summed E-state index contributed by atoms with van der Waals surface area (Å²) < 4.78 is 4.60. The predicted octanol–water partition coefficient (Wildman–Crippen LogP) is 0.466. The Morgan fingerprint density at radius 1 is 1.73 bits per heavy atom. The van der Waals surface area contributed by atoms with Crippen molar-refractivity contribution in [1.29, 1.82) is 0 Å². The highest BCUT2D eigenvalue weighted by atomic mass is 16.5. The van der Waals surface area contributed by atoms with E-state index in [4.69, 9.17) is 0 Å². The summed E-state index contributed by atoms with van der Waals surface area (Å²) in [6, 6.07) is 0.118. The summed E-state index contributed by atoms with van der Waals surface area (Å²) in [4.78, 5) is 11.0. The van der Waals surface area contributed by atoms with E-state index in [0.29, 0.717) is 0 Å². The molecule has 0 aromatic heterocycles. The number of hydrogen-bond acceptors (Lipinski definition) is 3. The van der Waals surface area contributed by atoms with Gasteiger partial charge in [-0.3, -0.25) is 10.1 Å². The lowest BCUT2D eigenvalue weighted by molar-refractivity contribution is -0.143. The second-order valence-electron chi connectivity index (χ2n) is 2.69. The first-order chi connectivity index (χ1) is 5.24. The molecule has 0 aromatic carbocycles. The largest absolute Gasteiger partial charge is 0.468 e. The minimum Gasteiger partial charge on any atom is -0.468 e. The molecule has 0 spiro atoms. The summed E-state index contributed by atoms with van der Waals surface area (Å²) in [7, 11) is 1.41. The normalized spacial score (nSPS) is 30.0. The Hall–Kier alpha value is -0.830. The van der Waals surface area contributed by atoms with Gasteiger partial charge in [-0.25, -0.2) is 0 Å². The molecule has 0 amide bonds. The van der Waals surface area contributed by atoms with E-state index in [1.54, 1.807) is 0 Å². The second-order valence-corrected chi connectivity index (χ2v) is 2.69. The smallest absolute Gasteiger partial charge is 0.323 e. The maximum Gasteiger partial charge on any atom is 0.323 e. The molecule has 1 heterocycles. The quantitative estimate of drug-likeness (QED) is 0.442. The Balaban J connectivity index is 2.49. The average Bonchev–Trinajstić information content (AvgIpc) is 2.03. The van der Waals surface area contributed by atoms with E-state index in [0.717, 1.165) is 6.42 Å². The zero-order valence-corrected chi connectivity index (χ0v) is 6.83. The summed E-state index contributed by atoms with van der Waals surface area (Å²) in [5.41, 5.74) is 0. The van der Waals surface area contributed by atoms with Gasteiger partial charge in [-0.15, -0.1) is 0 Å². The van der Waals surface area contributed by atoms with Gasteiger partial charge in [-0.1, -0.05) is 12.2 Å². The standard InChI is InChI=1S/C8H13NO2/c1-6-4-3-5-7(9-6)8(10)11-2/h3-4,6-7,9H,5H2,1-2H3/t6-,7-/m0/s1. The Morgan fingerprint density at radius 2 is 2.45 bits per heavy atom. The lowest BCUT2D eigenvalue weighted by atomic mass is 10.1. The molecule has 1 aliphatic heterocycles. The van der Waals surface area contributed by atoms with Gasteiger partial charge in [0.2, 0.25) is 0 Å². The molecular formula is C8H13NO2.